The molecule has 0 aliphatic carbocycles. The molecule has 0 spiro atoms. The van der Waals surface area contributed by atoms with Crippen LogP contribution in [0.25, 0.3) is 50.0 Å². The summed E-state index contributed by atoms with van der Waals surface area (Å²) in [4.78, 5) is 5.04. The number of hydrogen-bond donors (Lipinski definition) is 0. The average Bonchev–Trinajstić information content (AvgIpc) is 3.83. The molecular formula is C60H55BN4OPtSi-2. The maximum absolute atomic E-state index is 6.85. The molecule has 0 fully saturated rings. The summed E-state index contributed by atoms with van der Waals surface area (Å²) in [6.07, 6.45) is 5.65. The number of rotatable bonds is 7. The largest absolute Gasteiger partial charge is 0.510 e. The second kappa shape index (κ2) is 16.8. The first kappa shape index (κ1) is 45.5. The molecule has 0 amide bonds. The molecule has 0 saturated carbocycles. The van der Waals surface area contributed by atoms with Crippen LogP contribution in [0.1, 0.15) is 59.7 Å². The minimum atomic E-state index is -2.12. The monoisotopic (exact) mass is 1080 g/mol. The molecule has 1 aliphatic heterocycles. The van der Waals surface area contributed by atoms with Gasteiger partial charge in [0.1, 0.15) is 5.82 Å². The third-order valence-electron chi connectivity index (χ3n) is 14.3. The Morgan fingerprint density at radius 3 is 1.96 bits per heavy atom. The molecule has 0 unspecified atom stereocenters. The quantitative estimate of drug-likeness (QED) is 0.0906. The van der Waals surface area contributed by atoms with Crippen molar-refractivity contribution in [3.05, 3.63) is 191 Å². The van der Waals surface area contributed by atoms with E-state index in [2.05, 4.69) is 235 Å². The van der Waals surface area contributed by atoms with E-state index >= 15 is 0 Å². The van der Waals surface area contributed by atoms with Crippen LogP contribution in [-0.4, -0.2) is 28.9 Å². The molecule has 10 aromatic rings. The Morgan fingerprint density at radius 2 is 1.29 bits per heavy atom. The minimum Gasteiger partial charge on any atom is -0.510 e. The molecule has 0 saturated heterocycles. The molecule has 0 radical (unpaired) electrons. The summed E-state index contributed by atoms with van der Waals surface area (Å²) in [5.74, 6) is 2.10. The number of fused-ring (bicyclic) bond motifs is 5. The zero-order valence-corrected chi connectivity index (χ0v) is 44.1. The van der Waals surface area contributed by atoms with Crippen molar-refractivity contribution in [1.82, 2.24) is 14.1 Å². The number of aryl methyl sites for hydroxylation is 6. The Morgan fingerprint density at radius 1 is 0.647 bits per heavy atom. The second-order valence-electron chi connectivity index (χ2n) is 20.5. The van der Waals surface area contributed by atoms with Gasteiger partial charge in [-0.15, -0.1) is 34.8 Å². The van der Waals surface area contributed by atoms with Crippen LogP contribution in [0.5, 0.6) is 11.5 Å². The maximum Gasteiger partial charge on any atom is 0.268 e. The number of para-hydroxylation sites is 2. The van der Waals surface area contributed by atoms with Crippen LogP contribution in [0.2, 0.25) is 13.1 Å². The molecule has 0 N–H and O–H groups in total. The molecule has 11 rings (SSSR count). The predicted octanol–water partition coefficient (Wildman–Crippen LogP) is 10.4. The number of imidazole rings is 1. The van der Waals surface area contributed by atoms with Crippen molar-refractivity contribution < 1.29 is 30.4 Å². The van der Waals surface area contributed by atoms with Gasteiger partial charge in [0.15, 0.2) is 0 Å². The third-order valence-corrected chi connectivity index (χ3v) is 17.8. The summed E-state index contributed by atoms with van der Waals surface area (Å²) in [7, 11) is -2.12. The van der Waals surface area contributed by atoms with Gasteiger partial charge in [-0.3, -0.25) is 4.57 Å². The van der Waals surface area contributed by atoms with Gasteiger partial charge in [0, 0.05) is 52.4 Å². The van der Waals surface area contributed by atoms with Gasteiger partial charge in [0.2, 0.25) is 6.71 Å². The number of benzene rings is 7. The summed E-state index contributed by atoms with van der Waals surface area (Å²) >= 11 is 0. The van der Waals surface area contributed by atoms with Crippen LogP contribution in [-0.2, 0) is 26.5 Å². The second-order valence-corrected chi connectivity index (χ2v) is 24.8. The fourth-order valence-electron chi connectivity index (χ4n) is 11.3. The Labute approximate surface area is 416 Å². The van der Waals surface area contributed by atoms with Crippen molar-refractivity contribution >= 4 is 74.4 Å². The molecule has 1 aliphatic rings. The molecule has 3 aromatic heterocycles. The van der Waals surface area contributed by atoms with Crippen molar-refractivity contribution in [1.29, 1.82) is 0 Å². The van der Waals surface area contributed by atoms with Crippen molar-refractivity contribution in [2.45, 2.75) is 80.8 Å². The van der Waals surface area contributed by atoms with E-state index in [1.165, 1.54) is 71.2 Å². The zero-order chi connectivity index (χ0) is 46.7. The molecule has 340 valence electrons. The predicted molar refractivity (Wildman–Crippen MR) is 281 cm³/mol. The SMILES string of the molecule is Cc1cc(C)c(B(c2ccc3c(c2)c2ccc(Oc4[c-]c5c(cc4)[Si](C)(C)c4cccc6c4n-5[c-][n+]6-c4ccccc4)[c-]c2n3-c2cc(C(C)(C)C)ccn2)c2c(C)cc(C)cc2C)c(C)c1.[Pt]. The third kappa shape index (κ3) is 7.41. The van der Waals surface area contributed by atoms with Crippen LogP contribution in [0.3, 0.4) is 0 Å². The van der Waals surface area contributed by atoms with E-state index in [1.807, 2.05) is 6.20 Å². The van der Waals surface area contributed by atoms with Crippen LogP contribution >= 0.6 is 0 Å². The molecule has 7 aromatic carbocycles. The Balaban J connectivity index is 0.00000539. The number of hydrogen-bond acceptors (Lipinski definition) is 2. The first-order valence-corrected chi connectivity index (χ1v) is 26.5. The number of nitrogens with zero attached hydrogens (tertiary/aromatic N) is 4. The van der Waals surface area contributed by atoms with E-state index in [0.29, 0.717) is 11.5 Å². The fraction of sp³-hybridized carbons (Fsp3) is 0.200. The van der Waals surface area contributed by atoms with E-state index in [0.717, 1.165) is 44.5 Å². The molecule has 0 bridgehead atoms. The number of ether oxygens (including phenoxy) is 1. The van der Waals surface area contributed by atoms with Crippen LogP contribution < -0.4 is 36.1 Å². The Bertz CT molecular complexity index is 3550. The van der Waals surface area contributed by atoms with Gasteiger partial charge >= 0.3 is 0 Å². The van der Waals surface area contributed by atoms with E-state index in [-0.39, 0.29) is 33.2 Å². The standard InChI is InChI=1S/C60H55BN4OSi.Pt/c1-37-28-39(3)57(40(4)29-37)61(58-41(5)30-38(2)31-42(58)6)44-20-24-50-49(33-44)48-23-21-46(34-52(48)65(50)56-32-43(26-27-62-56)60(7,8)9)66-47-22-25-54-53(35-47)64-36-63(45-16-13-12-14-17-45)51-18-15-19-55(59(51)64)67(54,10)11;/h12-33H,1-11H3;/q-2;. The summed E-state index contributed by atoms with van der Waals surface area (Å²) in [5.41, 5.74) is 19.3. The minimum absolute atomic E-state index is 0. The van der Waals surface area contributed by atoms with E-state index < -0.39 is 8.07 Å². The summed E-state index contributed by atoms with van der Waals surface area (Å²) in [6, 6.07) is 54.0. The van der Waals surface area contributed by atoms with E-state index in [9.17, 15) is 0 Å². The van der Waals surface area contributed by atoms with Crippen LogP contribution in [0.15, 0.2) is 134 Å². The van der Waals surface area contributed by atoms with Crippen molar-refractivity contribution in [3.8, 4) is 28.7 Å². The smallest absolute Gasteiger partial charge is 0.268 e. The van der Waals surface area contributed by atoms with Gasteiger partial charge in [0.25, 0.3) is 6.33 Å². The molecule has 0 atom stereocenters. The van der Waals surface area contributed by atoms with Crippen LogP contribution in [0, 0.1) is 60.0 Å². The van der Waals surface area contributed by atoms with Crippen molar-refractivity contribution in [2.75, 3.05) is 0 Å². The molecule has 4 heterocycles. The molecule has 8 heteroatoms. The number of aromatic nitrogens is 4. The molecule has 68 heavy (non-hydrogen) atoms. The Kier molecular flexibility index (Phi) is 11.2. The molecule has 5 nitrogen and oxygen atoms in total. The summed E-state index contributed by atoms with van der Waals surface area (Å²) in [5, 5.41) is 4.94. The van der Waals surface area contributed by atoms with Gasteiger partial charge in [-0.1, -0.05) is 167 Å². The summed E-state index contributed by atoms with van der Waals surface area (Å²) in [6.45, 7) is 25.1. The fourth-order valence-corrected chi connectivity index (χ4v) is 14.2. The molecular weight excluding hydrogens is 1030 g/mol. The maximum atomic E-state index is 6.85. The normalized spacial score (nSPS) is 12.9. The van der Waals surface area contributed by atoms with Crippen molar-refractivity contribution in [3.63, 3.8) is 0 Å². The van der Waals surface area contributed by atoms with Gasteiger partial charge < -0.3 is 13.9 Å². The van der Waals surface area contributed by atoms with E-state index in [1.54, 1.807) is 0 Å². The summed E-state index contributed by atoms with van der Waals surface area (Å²) < 4.78 is 13.5. The van der Waals surface area contributed by atoms with Crippen molar-refractivity contribution in [2.24, 2.45) is 0 Å². The average molecular weight is 1080 g/mol. The first-order valence-electron chi connectivity index (χ1n) is 23.5. The van der Waals surface area contributed by atoms with Gasteiger partial charge in [-0.25, -0.2) is 4.98 Å². The Hall–Kier alpha value is -6.27. The van der Waals surface area contributed by atoms with Gasteiger partial charge in [-0.05, 0) is 93.9 Å². The number of pyridine rings is 1. The van der Waals surface area contributed by atoms with Crippen LogP contribution in [0.4, 0.5) is 0 Å². The van der Waals surface area contributed by atoms with Gasteiger partial charge in [0.05, 0.1) is 16.7 Å². The first-order chi connectivity index (χ1) is 32.1. The van der Waals surface area contributed by atoms with Gasteiger partial charge in [-0.2, -0.15) is 12.1 Å². The van der Waals surface area contributed by atoms with E-state index in [4.69, 9.17) is 9.72 Å². The topological polar surface area (TPSA) is 35.9 Å². The zero-order valence-electron chi connectivity index (χ0n) is 40.8.